The van der Waals surface area contributed by atoms with Gasteiger partial charge in [0.2, 0.25) is 0 Å². The van der Waals surface area contributed by atoms with E-state index in [2.05, 4.69) is 10.6 Å². The zero-order valence-electron chi connectivity index (χ0n) is 10.9. The topological polar surface area (TPSA) is 36.6 Å². The van der Waals surface area contributed by atoms with Crippen LogP contribution in [0, 0.1) is 0 Å². The van der Waals surface area contributed by atoms with Gasteiger partial charge in [-0.05, 0) is 43.6 Å². The Kier molecular flexibility index (Phi) is 3.70. The summed E-state index contributed by atoms with van der Waals surface area (Å²) in [5.74, 6) is 0. The monoisotopic (exact) mass is 286 g/mol. The Hall–Kier alpha value is -1.11. The predicted molar refractivity (Wildman–Crippen MR) is 68.1 cm³/mol. The molecule has 0 aromatic heterocycles. The molecule has 2 heterocycles. The lowest BCUT2D eigenvalue weighted by atomic mass is 10.1. The average molecular weight is 286 g/mol. The fourth-order valence-electron chi connectivity index (χ4n) is 2.61. The van der Waals surface area contributed by atoms with Crippen LogP contribution in [0.3, 0.4) is 0 Å². The second-order valence-electron chi connectivity index (χ2n) is 5.29. The normalized spacial score (nSPS) is 27.6. The third-order valence-electron chi connectivity index (χ3n) is 3.77. The SMILES string of the molecule is FC(F)(F)c1cccc(C2OC2NC2CCNCC2)c1. The fraction of sp³-hybridized carbons (Fsp3) is 0.571. The second-order valence-corrected chi connectivity index (χ2v) is 5.29. The van der Waals surface area contributed by atoms with Gasteiger partial charge in [0.25, 0.3) is 0 Å². The number of benzene rings is 1. The number of nitrogens with one attached hydrogen (secondary N) is 2. The number of rotatable bonds is 3. The van der Waals surface area contributed by atoms with Gasteiger partial charge in [0.05, 0.1) is 5.56 Å². The first-order chi connectivity index (χ1) is 9.54. The number of alkyl halides is 3. The standard InChI is InChI=1S/C14H17F3N2O/c15-14(16,17)10-3-1-2-9(8-10)12-13(20-12)19-11-4-6-18-7-5-11/h1-3,8,11-13,18-19H,4-7H2. The first-order valence-corrected chi connectivity index (χ1v) is 6.83. The second kappa shape index (κ2) is 5.35. The number of ether oxygens (including phenoxy) is 1. The predicted octanol–water partition coefficient (Wildman–Crippen LogP) is 2.44. The van der Waals surface area contributed by atoms with Gasteiger partial charge in [-0.15, -0.1) is 0 Å². The van der Waals surface area contributed by atoms with E-state index in [1.54, 1.807) is 6.07 Å². The minimum Gasteiger partial charge on any atom is -0.348 e. The lowest BCUT2D eigenvalue weighted by Crippen LogP contribution is -2.41. The Morgan fingerprint density at radius 3 is 2.65 bits per heavy atom. The molecule has 0 spiro atoms. The summed E-state index contributed by atoms with van der Waals surface area (Å²) in [5.41, 5.74) is -0.0302. The molecule has 2 N–H and O–H groups in total. The molecule has 2 aliphatic heterocycles. The Morgan fingerprint density at radius 2 is 1.95 bits per heavy atom. The fourth-order valence-corrected chi connectivity index (χ4v) is 2.61. The molecule has 1 aromatic carbocycles. The van der Waals surface area contributed by atoms with E-state index >= 15 is 0 Å². The van der Waals surface area contributed by atoms with Gasteiger partial charge in [-0.1, -0.05) is 12.1 Å². The van der Waals surface area contributed by atoms with Crippen LogP contribution >= 0.6 is 0 Å². The molecule has 3 rings (SSSR count). The molecule has 2 atom stereocenters. The number of hydrogen-bond acceptors (Lipinski definition) is 3. The molecule has 0 saturated carbocycles. The molecule has 3 nitrogen and oxygen atoms in total. The molecular formula is C14H17F3N2O. The smallest absolute Gasteiger partial charge is 0.348 e. The zero-order valence-corrected chi connectivity index (χ0v) is 10.9. The van der Waals surface area contributed by atoms with Crippen molar-refractivity contribution in [1.82, 2.24) is 10.6 Å². The van der Waals surface area contributed by atoms with E-state index in [-0.39, 0.29) is 12.3 Å². The van der Waals surface area contributed by atoms with Crippen LogP contribution in [0.15, 0.2) is 24.3 Å². The highest BCUT2D eigenvalue weighted by molar-refractivity contribution is 5.29. The van der Waals surface area contributed by atoms with Crippen LogP contribution in [0.25, 0.3) is 0 Å². The molecule has 0 bridgehead atoms. The highest BCUT2D eigenvalue weighted by atomic mass is 19.4. The third-order valence-corrected chi connectivity index (χ3v) is 3.77. The molecular weight excluding hydrogens is 269 g/mol. The van der Waals surface area contributed by atoms with Crippen LogP contribution in [-0.4, -0.2) is 25.4 Å². The summed E-state index contributed by atoms with van der Waals surface area (Å²) in [6.07, 6.45) is -2.67. The van der Waals surface area contributed by atoms with Gasteiger partial charge in [0, 0.05) is 6.04 Å². The van der Waals surface area contributed by atoms with Crippen molar-refractivity contribution < 1.29 is 17.9 Å². The summed E-state index contributed by atoms with van der Waals surface area (Å²) in [5, 5.41) is 6.63. The summed E-state index contributed by atoms with van der Waals surface area (Å²) in [6, 6.07) is 5.76. The summed E-state index contributed by atoms with van der Waals surface area (Å²) in [6.45, 7) is 1.94. The van der Waals surface area contributed by atoms with Crippen LogP contribution in [0.4, 0.5) is 13.2 Å². The maximum absolute atomic E-state index is 12.7. The summed E-state index contributed by atoms with van der Waals surface area (Å²) >= 11 is 0. The van der Waals surface area contributed by atoms with Crippen molar-refractivity contribution in [3.8, 4) is 0 Å². The van der Waals surface area contributed by atoms with Crippen LogP contribution in [-0.2, 0) is 10.9 Å². The van der Waals surface area contributed by atoms with Gasteiger partial charge in [0.1, 0.15) is 12.3 Å². The molecule has 20 heavy (non-hydrogen) atoms. The number of halogens is 3. The summed E-state index contributed by atoms with van der Waals surface area (Å²) in [4.78, 5) is 0. The number of hydrogen-bond donors (Lipinski definition) is 2. The van der Waals surface area contributed by atoms with Crippen LogP contribution in [0.1, 0.15) is 30.1 Å². The highest BCUT2D eigenvalue weighted by Crippen LogP contribution is 2.39. The van der Waals surface area contributed by atoms with Gasteiger partial charge >= 0.3 is 6.18 Å². The maximum atomic E-state index is 12.7. The van der Waals surface area contributed by atoms with E-state index < -0.39 is 11.7 Å². The van der Waals surface area contributed by atoms with Crippen molar-refractivity contribution in [2.75, 3.05) is 13.1 Å². The first-order valence-electron chi connectivity index (χ1n) is 6.83. The average Bonchev–Trinajstić information content (AvgIpc) is 3.18. The van der Waals surface area contributed by atoms with Gasteiger partial charge in [-0.3, -0.25) is 5.32 Å². The Morgan fingerprint density at radius 1 is 1.20 bits per heavy atom. The van der Waals surface area contributed by atoms with E-state index in [1.807, 2.05) is 0 Å². The summed E-state index contributed by atoms with van der Waals surface area (Å²) < 4.78 is 43.4. The zero-order chi connectivity index (χ0) is 14.2. The van der Waals surface area contributed by atoms with Crippen molar-refractivity contribution in [3.05, 3.63) is 35.4 Å². The molecule has 0 aliphatic carbocycles. The lowest BCUT2D eigenvalue weighted by Gasteiger charge is -2.22. The van der Waals surface area contributed by atoms with Crippen molar-refractivity contribution in [1.29, 1.82) is 0 Å². The van der Waals surface area contributed by atoms with Gasteiger partial charge in [-0.2, -0.15) is 13.2 Å². The number of piperidine rings is 1. The molecule has 0 amide bonds. The van der Waals surface area contributed by atoms with E-state index in [0.717, 1.165) is 32.0 Å². The van der Waals surface area contributed by atoms with Crippen LogP contribution in [0.5, 0.6) is 0 Å². The summed E-state index contributed by atoms with van der Waals surface area (Å²) in [7, 11) is 0. The van der Waals surface area contributed by atoms with Crippen molar-refractivity contribution in [3.63, 3.8) is 0 Å². The van der Waals surface area contributed by atoms with Gasteiger partial charge in [-0.25, -0.2) is 0 Å². The van der Waals surface area contributed by atoms with Crippen molar-refractivity contribution >= 4 is 0 Å². The third kappa shape index (κ3) is 3.13. The number of epoxide rings is 1. The molecule has 2 saturated heterocycles. The molecule has 0 radical (unpaired) electrons. The van der Waals surface area contributed by atoms with E-state index in [1.165, 1.54) is 12.1 Å². The van der Waals surface area contributed by atoms with Crippen molar-refractivity contribution in [2.45, 2.75) is 37.4 Å². The van der Waals surface area contributed by atoms with Crippen molar-refractivity contribution in [2.24, 2.45) is 0 Å². The van der Waals surface area contributed by atoms with E-state index in [9.17, 15) is 13.2 Å². The Balaban J connectivity index is 1.61. The largest absolute Gasteiger partial charge is 0.416 e. The molecule has 110 valence electrons. The molecule has 2 unspecified atom stereocenters. The highest BCUT2D eigenvalue weighted by Gasteiger charge is 2.42. The van der Waals surface area contributed by atoms with Crippen LogP contribution in [0.2, 0.25) is 0 Å². The van der Waals surface area contributed by atoms with Crippen LogP contribution < -0.4 is 10.6 Å². The molecule has 6 heteroatoms. The Labute approximate surface area is 115 Å². The first kappa shape index (κ1) is 13.9. The van der Waals surface area contributed by atoms with Gasteiger partial charge < -0.3 is 10.1 Å². The molecule has 2 fully saturated rings. The lowest BCUT2D eigenvalue weighted by molar-refractivity contribution is -0.137. The Bertz CT molecular complexity index is 472. The molecule has 2 aliphatic rings. The minimum absolute atomic E-state index is 0.151. The van der Waals surface area contributed by atoms with E-state index in [4.69, 9.17) is 4.74 Å². The quantitative estimate of drug-likeness (QED) is 0.838. The van der Waals surface area contributed by atoms with E-state index in [0.29, 0.717) is 11.6 Å². The van der Waals surface area contributed by atoms with Gasteiger partial charge in [0.15, 0.2) is 0 Å². The maximum Gasteiger partial charge on any atom is 0.416 e. The molecule has 1 aromatic rings. The minimum atomic E-state index is -4.30.